The largest absolute Gasteiger partial charge is 0.441 e. The van der Waals surface area contributed by atoms with E-state index in [9.17, 15) is 13.6 Å². The number of para-hydroxylation sites is 2. The highest BCUT2D eigenvalue weighted by Crippen LogP contribution is 2.16. The third-order valence-corrected chi connectivity index (χ3v) is 3.54. The second kappa shape index (κ2) is 7.74. The van der Waals surface area contributed by atoms with E-state index >= 15 is 0 Å². The lowest BCUT2D eigenvalue weighted by atomic mass is 10.2. The summed E-state index contributed by atoms with van der Waals surface area (Å²) in [7, 11) is 0. The molecule has 0 radical (unpaired) electrons. The number of oxazole rings is 1. The molecule has 0 aliphatic carbocycles. The van der Waals surface area contributed by atoms with Gasteiger partial charge in [0.25, 0.3) is 0 Å². The number of hydrogen-bond acceptors (Lipinski definition) is 4. The van der Waals surface area contributed by atoms with Crippen molar-refractivity contribution in [1.29, 1.82) is 0 Å². The minimum atomic E-state index is -2.85. The van der Waals surface area contributed by atoms with E-state index in [1.54, 1.807) is 12.1 Å². The number of amides is 1. The van der Waals surface area contributed by atoms with Crippen molar-refractivity contribution in [1.82, 2.24) is 10.3 Å². The summed E-state index contributed by atoms with van der Waals surface area (Å²) < 4.78 is 34.0. The Balaban J connectivity index is 1.46. The van der Waals surface area contributed by atoms with Crippen LogP contribution < -0.4 is 10.1 Å². The standard InChI is InChI=1S/C18H16F2N2O3/c19-18(20)24-13-7-5-12(6-8-13)11-21-16(23)9-10-17-22-14-3-1-2-4-15(14)25-17/h1-8,18H,9-11H2,(H,21,23). The average molecular weight is 346 g/mol. The first-order chi connectivity index (χ1) is 12.1. The topological polar surface area (TPSA) is 64.4 Å². The molecule has 0 aliphatic rings. The molecular weight excluding hydrogens is 330 g/mol. The van der Waals surface area contributed by atoms with Gasteiger partial charge in [0.15, 0.2) is 11.5 Å². The van der Waals surface area contributed by atoms with E-state index in [4.69, 9.17) is 4.42 Å². The van der Waals surface area contributed by atoms with Crippen molar-refractivity contribution < 1.29 is 22.7 Å². The van der Waals surface area contributed by atoms with E-state index in [1.165, 1.54) is 12.1 Å². The van der Waals surface area contributed by atoms with Gasteiger partial charge in [-0.3, -0.25) is 4.79 Å². The van der Waals surface area contributed by atoms with Gasteiger partial charge in [-0.1, -0.05) is 24.3 Å². The smallest absolute Gasteiger partial charge is 0.387 e. The van der Waals surface area contributed by atoms with Crippen LogP contribution in [0.25, 0.3) is 11.1 Å². The Bertz CT molecular complexity index is 814. The number of benzene rings is 2. The van der Waals surface area contributed by atoms with Gasteiger partial charge in [-0.15, -0.1) is 0 Å². The third kappa shape index (κ3) is 4.76. The molecule has 25 heavy (non-hydrogen) atoms. The van der Waals surface area contributed by atoms with E-state index in [0.717, 1.165) is 11.1 Å². The van der Waals surface area contributed by atoms with Crippen LogP contribution in [-0.4, -0.2) is 17.5 Å². The number of alkyl halides is 2. The monoisotopic (exact) mass is 346 g/mol. The Hall–Kier alpha value is -2.96. The summed E-state index contributed by atoms with van der Waals surface area (Å²) in [6.45, 7) is -2.54. The van der Waals surface area contributed by atoms with Crippen LogP contribution in [0.2, 0.25) is 0 Å². The molecule has 0 aliphatic heterocycles. The van der Waals surface area contributed by atoms with Gasteiger partial charge < -0.3 is 14.5 Å². The highest BCUT2D eigenvalue weighted by molar-refractivity contribution is 5.76. The second-order valence-corrected chi connectivity index (χ2v) is 5.37. The number of carbonyl (C=O) groups is 1. The minimum Gasteiger partial charge on any atom is -0.441 e. The molecule has 0 fully saturated rings. The number of halogens is 2. The number of aromatic nitrogens is 1. The first-order valence-electron chi connectivity index (χ1n) is 7.75. The molecule has 1 N–H and O–H groups in total. The Morgan fingerprint density at radius 3 is 2.64 bits per heavy atom. The Labute approximate surface area is 142 Å². The zero-order chi connectivity index (χ0) is 17.6. The molecule has 1 heterocycles. The van der Waals surface area contributed by atoms with Crippen molar-refractivity contribution in [3.8, 4) is 5.75 Å². The lowest BCUT2D eigenvalue weighted by Gasteiger charge is -2.07. The molecule has 2 aromatic carbocycles. The molecule has 0 unspecified atom stereocenters. The van der Waals surface area contributed by atoms with E-state index in [-0.39, 0.29) is 18.1 Å². The van der Waals surface area contributed by atoms with Crippen LogP contribution in [0.5, 0.6) is 5.75 Å². The highest BCUT2D eigenvalue weighted by atomic mass is 19.3. The van der Waals surface area contributed by atoms with Crippen LogP contribution in [0.1, 0.15) is 17.9 Å². The van der Waals surface area contributed by atoms with Crippen LogP contribution >= 0.6 is 0 Å². The summed E-state index contributed by atoms with van der Waals surface area (Å²) in [5.41, 5.74) is 2.25. The van der Waals surface area contributed by atoms with Gasteiger partial charge >= 0.3 is 6.61 Å². The Kier molecular flexibility index (Phi) is 5.23. The summed E-state index contributed by atoms with van der Waals surface area (Å²) in [5.74, 6) is 0.459. The van der Waals surface area contributed by atoms with Gasteiger partial charge in [-0.25, -0.2) is 4.98 Å². The van der Waals surface area contributed by atoms with Crippen LogP contribution in [0.3, 0.4) is 0 Å². The number of hydrogen-bond donors (Lipinski definition) is 1. The van der Waals surface area contributed by atoms with Crippen molar-refractivity contribution in [3.05, 3.63) is 60.0 Å². The lowest BCUT2D eigenvalue weighted by molar-refractivity contribution is -0.121. The quantitative estimate of drug-likeness (QED) is 0.709. The first-order valence-corrected chi connectivity index (χ1v) is 7.75. The maximum absolute atomic E-state index is 12.1. The molecule has 130 valence electrons. The third-order valence-electron chi connectivity index (χ3n) is 3.54. The molecule has 7 heteroatoms. The Morgan fingerprint density at radius 2 is 1.92 bits per heavy atom. The molecule has 1 aromatic heterocycles. The molecule has 0 atom stereocenters. The number of nitrogens with zero attached hydrogens (tertiary/aromatic N) is 1. The Morgan fingerprint density at radius 1 is 1.16 bits per heavy atom. The minimum absolute atomic E-state index is 0.0843. The van der Waals surface area contributed by atoms with Gasteiger partial charge in [-0.2, -0.15) is 8.78 Å². The number of aryl methyl sites for hydroxylation is 1. The number of nitrogens with one attached hydrogen (secondary N) is 1. The first kappa shape index (κ1) is 16.9. The van der Waals surface area contributed by atoms with E-state index in [1.807, 2.05) is 24.3 Å². The molecule has 0 saturated heterocycles. The van der Waals surface area contributed by atoms with Crippen LogP contribution in [-0.2, 0) is 17.8 Å². The maximum Gasteiger partial charge on any atom is 0.387 e. The summed E-state index contributed by atoms with van der Waals surface area (Å²) in [4.78, 5) is 16.2. The fourth-order valence-electron chi connectivity index (χ4n) is 2.33. The molecule has 5 nitrogen and oxygen atoms in total. The van der Waals surface area contributed by atoms with Gasteiger partial charge in [0, 0.05) is 19.4 Å². The molecule has 3 aromatic rings. The molecule has 0 bridgehead atoms. The highest BCUT2D eigenvalue weighted by Gasteiger charge is 2.09. The summed E-state index contributed by atoms with van der Waals surface area (Å²) in [6, 6.07) is 13.5. The fourth-order valence-corrected chi connectivity index (χ4v) is 2.33. The van der Waals surface area contributed by atoms with Gasteiger partial charge in [0.2, 0.25) is 5.91 Å². The summed E-state index contributed by atoms with van der Waals surface area (Å²) in [6.07, 6.45) is 0.654. The fraction of sp³-hybridized carbons (Fsp3) is 0.222. The predicted molar refractivity (Wildman–Crippen MR) is 87.3 cm³/mol. The van der Waals surface area contributed by atoms with Crippen molar-refractivity contribution in [2.75, 3.05) is 0 Å². The van der Waals surface area contributed by atoms with Crippen molar-refractivity contribution in [3.63, 3.8) is 0 Å². The van der Waals surface area contributed by atoms with E-state index in [2.05, 4.69) is 15.0 Å². The van der Waals surface area contributed by atoms with Crippen LogP contribution in [0.15, 0.2) is 52.9 Å². The van der Waals surface area contributed by atoms with E-state index < -0.39 is 6.61 Å². The van der Waals surface area contributed by atoms with Crippen molar-refractivity contribution >= 4 is 17.0 Å². The number of rotatable bonds is 7. The van der Waals surface area contributed by atoms with Gasteiger partial charge in [0.05, 0.1) is 0 Å². The molecule has 1 amide bonds. The van der Waals surface area contributed by atoms with Gasteiger partial charge in [0.1, 0.15) is 11.3 Å². The zero-order valence-electron chi connectivity index (χ0n) is 13.2. The van der Waals surface area contributed by atoms with Crippen molar-refractivity contribution in [2.24, 2.45) is 0 Å². The summed E-state index contributed by atoms with van der Waals surface area (Å²) in [5, 5.41) is 2.77. The maximum atomic E-state index is 12.1. The van der Waals surface area contributed by atoms with Crippen LogP contribution in [0, 0.1) is 0 Å². The molecule has 0 spiro atoms. The second-order valence-electron chi connectivity index (χ2n) is 5.37. The zero-order valence-corrected chi connectivity index (χ0v) is 13.2. The van der Waals surface area contributed by atoms with Crippen molar-refractivity contribution in [2.45, 2.75) is 26.0 Å². The van der Waals surface area contributed by atoms with Crippen LogP contribution in [0.4, 0.5) is 8.78 Å². The molecular formula is C18H16F2N2O3. The number of ether oxygens (including phenoxy) is 1. The average Bonchev–Trinajstić information content (AvgIpc) is 3.02. The van der Waals surface area contributed by atoms with Gasteiger partial charge in [-0.05, 0) is 29.8 Å². The SMILES string of the molecule is O=C(CCc1nc2ccccc2o1)NCc1ccc(OC(F)F)cc1. The number of carbonyl (C=O) groups excluding carboxylic acids is 1. The predicted octanol–water partition coefficient (Wildman–Crippen LogP) is 3.68. The number of fused-ring (bicyclic) bond motifs is 1. The lowest BCUT2D eigenvalue weighted by Crippen LogP contribution is -2.23. The molecule has 3 rings (SSSR count). The van der Waals surface area contributed by atoms with E-state index in [0.29, 0.717) is 24.4 Å². The normalized spacial score (nSPS) is 11.0. The summed E-state index contributed by atoms with van der Waals surface area (Å²) >= 11 is 0. The molecule has 0 saturated carbocycles.